The van der Waals surface area contributed by atoms with Crippen LogP contribution in [0.1, 0.15) is 28.8 Å². The van der Waals surface area contributed by atoms with Crippen LogP contribution in [-0.2, 0) is 17.8 Å². The summed E-state index contributed by atoms with van der Waals surface area (Å²) >= 11 is 3.06. The number of hydrogen-bond donors (Lipinski definition) is 0. The lowest BCUT2D eigenvalue weighted by molar-refractivity contribution is -0.131. The van der Waals surface area contributed by atoms with Crippen molar-refractivity contribution in [3.05, 3.63) is 69.7 Å². The quantitative estimate of drug-likeness (QED) is 0.326. The lowest BCUT2D eigenvalue weighted by atomic mass is 10.1. The highest BCUT2D eigenvalue weighted by Gasteiger charge is 2.22. The maximum atomic E-state index is 13.4. The number of amides is 1. The van der Waals surface area contributed by atoms with Crippen LogP contribution in [0.15, 0.2) is 53.0 Å². The lowest BCUT2D eigenvalue weighted by Crippen LogP contribution is -2.40. The number of rotatable bonds is 9. The van der Waals surface area contributed by atoms with Crippen molar-refractivity contribution in [2.75, 3.05) is 12.9 Å². The maximum absolute atomic E-state index is 13.4. The molecule has 0 aliphatic rings. The summed E-state index contributed by atoms with van der Waals surface area (Å²) in [6.07, 6.45) is 0.819. The summed E-state index contributed by atoms with van der Waals surface area (Å²) in [6.45, 7) is 6.54. The number of ether oxygens (including phenoxy) is 1. The first-order chi connectivity index (χ1) is 15.9. The smallest absolute Gasteiger partial charge is 0.253 e. The van der Waals surface area contributed by atoms with Crippen LogP contribution in [0.5, 0.6) is 5.75 Å². The van der Waals surface area contributed by atoms with E-state index in [1.807, 2.05) is 55.1 Å². The Kier molecular flexibility index (Phi) is 7.29. The van der Waals surface area contributed by atoms with Gasteiger partial charge in [-0.2, -0.15) is 4.98 Å². The van der Waals surface area contributed by atoms with Gasteiger partial charge in [-0.25, -0.2) is 9.50 Å². The van der Waals surface area contributed by atoms with E-state index in [4.69, 9.17) is 4.74 Å². The summed E-state index contributed by atoms with van der Waals surface area (Å²) in [5, 5.41) is 7.14. The van der Waals surface area contributed by atoms with Crippen molar-refractivity contribution in [1.29, 1.82) is 0 Å². The number of thiophene rings is 1. The molecule has 1 atom stereocenters. The molecule has 0 saturated carbocycles. The summed E-state index contributed by atoms with van der Waals surface area (Å²) in [5.41, 5.74) is 2.93. The van der Waals surface area contributed by atoms with Crippen LogP contribution in [0.4, 0.5) is 0 Å². The van der Waals surface area contributed by atoms with E-state index in [0.717, 1.165) is 29.1 Å². The van der Waals surface area contributed by atoms with Gasteiger partial charge in [0, 0.05) is 35.3 Å². The second-order valence-electron chi connectivity index (χ2n) is 7.94. The van der Waals surface area contributed by atoms with Gasteiger partial charge in [0.15, 0.2) is 0 Å². The molecular weight excluding hydrogens is 454 g/mol. The molecule has 0 radical (unpaired) electrons. The zero-order chi connectivity index (χ0) is 23.4. The van der Waals surface area contributed by atoms with Gasteiger partial charge in [-0.15, -0.1) is 16.4 Å². The predicted molar refractivity (Wildman–Crippen MR) is 132 cm³/mol. The number of nitrogens with zero attached hydrogens (tertiary/aromatic N) is 5. The van der Waals surface area contributed by atoms with Crippen molar-refractivity contribution in [1.82, 2.24) is 24.5 Å². The van der Waals surface area contributed by atoms with Crippen LogP contribution < -0.4 is 4.74 Å². The second kappa shape index (κ2) is 10.4. The minimum absolute atomic E-state index is 0.0550. The van der Waals surface area contributed by atoms with Crippen LogP contribution in [0.3, 0.4) is 0 Å². The number of aromatic nitrogens is 4. The van der Waals surface area contributed by atoms with E-state index >= 15 is 0 Å². The SMILES string of the molecule is COc1ccc(CN(C(=O)CSc2nc3nc(C)cc(C)n3n2)[C@H](C)Cc2cccs2)cc1. The molecule has 9 heteroatoms. The zero-order valence-corrected chi connectivity index (χ0v) is 20.8. The molecule has 1 aromatic carbocycles. The van der Waals surface area contributed by atoms with Gasteiger partial charge in [0.1, 0.15) is 5.75 Å². The van der Waals surface area contributed by atoms with Gasteiger partial charge in [-0.1, -0.05) is 30.0 Å². The van der Waals surface area contributed by atoms with Crippen molar-refractivity contribution in [2.24, 2.45) is 0 Å². The molecule has 0 bridgehead atoms. The maximum Gasteiger partial charge on any atom is 0.253 e. The Labute approximate surface area is 201 Å². The summed E-state index contributed by atoms with van der Waals surface area (Å²) in [7, 11) is 1.65. The molecule has 0 aliphatic carbocycles. The highest BCUT2D eigenvalue weighted by atomic mass is 32.2. The normalized spacial score (nSPS) is 12.1. The number of benzene rings is 1. The standard InChI is InChI=1S/C24H27N5O2S2/c1-16-12-18(3)29-23(25-16)26-24(27-29)33-15-22(30)28(17(2)13-21-6-5-11-32-21)14-19-7-9-20(31-4)10-8-19/h5-12,17H,13-15H2,1-4H3/t17-/m1/s1. The third-order valence-corrected chi connectivity index (χ3v) is 7.09. The molecule has 172 valence electrons. The number of aryl methyl sites for hydroxylation is 2. The van der Waals surface area contributed by atoms with Gasteiger partial charge in [-0.05, 0) is 56.0 Å². The minimum atomic E-state index is 0.0550. The summed E-state index contributed by atoms with van der Waals surface area (Å²) in [4.78, 5) is 25.5. The van der Waals surface area contributed by atoms with E-state index in [9.17, 15) is 4.79 Å². The molecule has 0 unspecified atom stereocenters. The summed E-state index contributed by atoms with van der Waals surface area (Å²) < 4.78 is 6.98. The Morgan fingerprint density at radius 1 is 1.21 bits per heavy atom. The molecule has 4 rings (SSSR count). The van der Waals surface area contributed by atoms with Crippen molar-refractivity contribution < 1.29 is 9.53 Å². The van der Waals surface area contributed by atoms with E-state index in [1.165, 1.54) is 16.6 Å². The van der Waals surface area contributed by atoms with E-state index in [2.05, 4.69) is 33.4 Å². The minimum Gasteiger partial charge on any atom is -0.497 e. The average Bonchev–Trinajstić information content (AvgIpc) is 3.46. The van der Waals surface area contributed by atoms with E-state index in [-0.39, 0.29) is 17.7 Å². The fraction of sp³-hybridized carbons (Fsp3) is 0.333. The van der Waals surface area contributed by atoms with Crippen molar-refractivity contribution >= 4 is 34.8 Å². The Morgan fingerprint density at radius 2 is 2.00 bits per heavy atom. The van der Waals surface area contributed by atoms with E-state index in [0.29, 0.717) is 17.5 Å². The average molecular weight is 482 g/mol. The molecular formula is C24H27N5O2S2. The predicted octanol–water partition coefficient (Wildman–Crippen LogP) is 4.56. The number of thioether (sulfide) groups is 1. The van der Waals surface area contributed by atoms with E-state index in [1.54, 1.807) is 23.0 Å². The van der Waals surface area contributed by atoms with Crippen LogP contribution in [0.25, 0.3) is 5.78 Å². The third kappa shape index (κ3) is 5.72. The molecule has 0 fully saturated rings. The largest absolute Gasteiger partial charge is 0.497 e. The summed E-state index contributed by atoms with van der Waals surface area (Å²) in [6, 6.07) is 14.0. The first-order valence-corrected chi connectivity index (χ1v) is 12.6. The zero-order valence-electron chi connectivity index (χ0n) is 19.2. The van der Waals surface area contributed by atoms with Crippen molar-refractivity contribution in [3.8, 4) is 5.75 Å². The molecule has 3 aromatic heterocycles. The monoisotopic (exact) mass is 481 g/mol. The van der Waals surface area contributed by atoms with Crippen LogP contribution >= 0.6 is 23.1 Å². The first kappa shape index (κ1) is 23.3. The van der Waals surface area contributed by atoms with Crippen molar-refractivity contribution in [3.63, 3.8) is 0 Å². The number of methoxy groups -OCH3 is 1. The topological polar surface area (TPSA) is 72.6 Å². The molecule has 1 amide bonds. The van der Waals surface area contributed by atoms with Crippen molar-refractivity contribution in [2.45, 2.75) is 44.9 Å². The van der Waals surface area contributed by atoms with Gasteiger partial charge in [-0.3, -0.25) is 4.79 Å². The number of carbonyl (C=O) groups is 1. The molecule has 0 spiro atoms. The van der Waals surface area contributed by atoms with Crippen LogP contribution in [0.2, 0.25) is 0 Å². The molecule has 0 saturated heterocycles. The molecule has 0 aliphatic heterocycles. The van der Waals surface area contributed by atoms with Crippen LogP contribution in [-0.4, -0.2) is 49.3 Å². The number of carbonyl (C=O) groups excluding carboxylic acids is 1. The lowest BCUT2D eigenvalue weighted by Gasteiger charge is -2.29. The molecule has 3 heterocycles. The Bertz CT molecular complexity index is 1220. The van der Waals surface area contributed by atoms with Gasteiger partial charge < -0.3 is 9.64 Å². The molecule has 33 heavy (non-hydrogen) atoms. The van der Waals surface area contributed by atoms with Gasteiger partial charge in [0.2, 0.25) is 11.1 Å². The third-order valence-electron chi connectivity index (χ3n) is 5.36. The summed E-state index contributed by atoms with van der Waals surface area (Å²) in [5.74, 6) is 1.68. The number of hydrogen-bond acceptors (Lipinski definition) is 7. The number of fused-ring (bicyclic) bond motifs is 1. The molecule has 0 N–H and O–H groups in total. The first-order valence-electron chi connectivity index (χ1n) is 10.7. The Hall–Kier alpha value is -2.91. The van der Waals surface area contributed by atoms with Gasteiger partial charge in [0.25, 0.3) is 5.78 Å². The highest BCUT2D eigenvalue weighted by Crippen LogP contribution is 2.21. The molecule has 4 aromatic rings. The van der Waals surface area contributed by atoms with Crippen LogP contribution in [0, 0.1) is 13.8 Å². The van der Waals surface area contributed by atoms with Gasteiger partial charge in [0.05, 0.1) is 12.9 Å². The Balaban J connectivity index is 1.49. The Morgan fingerprint density at radius 3 is 2.70 bits per heavy atom. The van der Waals surface area contributed by atoms with E-state index < -0.39 is 0 Å². The van der Waals surface area contributed by atoms with Gasteiger partial charge >= 0.3 is 0 Å². The fourth-order valence-electron chi connectivity index (χ4n) is 3.67. The highest BCUT2D eigenvalue weighted by molar-refractivity contribution is 7.99. The second-order valence-corrected chi connectivity index (χ2v) is 9.91. The fourth-order valence-corrected chi connectivity index (χ4v) is 5.20. The molecule has 7 nitrogen and oxygen atoms in total.